The third-order valence-corrected chi connectivity index (χ3v) is 6.71. The Morgan fingerprint density at radius 2 is 1.90 bits per heavy atom. The molecule has 154 valence electrons. The first kappa shape index (κ1) is 19.0. The summed E-state index contributed by atoms with van der Waals surface area (Å²) < 4.78 is 5.44. The van der Waals surface area contributed by atoms with Crippen molar-refractivity contribution in [3.8, 4) is 11.4 Å². The van der Waals surface area contributed by atoms with Gasteiger partial charge in [0.15, 0.2) is 0 Å². The quantitative estimate of drug-likeness (QED) is 0.864. The van der Waals surface area contributed by atoms with E-state index >= 15 is 0 Å². The SMILES string of the molecule is O=c1cc(C2CCOCC2)nc(-c2ccc(CN3CCN4CCCC4C3)cc2)[nH]1. The molecule has 0 amide bonds. The molecule has 0 radical (unpaired) electrons. The lowest BCUT2D eigenvalue weighted by Crippen LogP contribution is -2.49. The van der Waals surface area contributed by atoms with Crippen LogP contribution in [0.5, 0.6) is 0 Å². The lowest BCUT2D eigenvalue weighted by molar-refractivity contribution is 0.0845. The number of nitrogens with one attached hydrogen (secondary N) is 1. The van der Waals surface area contributed by atoms with Crippen molar-refractivity contribution in [2.45, 2.75) is 44.2 Å². The van der Waals surface area contributed by atoms with Crippen LogP contribution in [0.15, 0.2) is 35.1 Å². The van der Waals surface area contributed by atoms with E-state index in [9.17, 15) is 4.79 Å². The fraction of sp³-hybridized carbons (Fsp3) is 0.565. The molecule has 29 heavy (non-hydrogen) atoms. The molecule has 3 aliphatic rings. The zero-order valence-electron chi connectivity index (χ0n) is 17.0. The molecule has 3 aliphatic heterocycles. The van der Waals surface area contributed by atoms with Crippen LogP contribution in [-0.4, -0.2) is 65.2 Å². The van der Waals surface area contributed by atoms with Crippen molar-refractivity contribution in [3.05, 3.63) is 51.9 Å². The second-order valence-electron chi connectivity index (χ2n) is 8.67. The normalized spacial score (nSPS) is 23.9. The first-order valence-electron chi connectivity index (χ1n) is 11.0. The minimum Gasteiger partial charge on any atom is -0.381 e. The summed E-state index contributed by atoms with van der Waals surface area (Å²) in [7, 11) is 0. The molecule has 6 nitrogen and oxygen atoms in total. The van der Waals surface area contributed by atoms with E-state index in [4.69, 9.17) is 9.72 Å². The average Bonchev–Trinajstić information content (AvgIpc) is 3.22. The number of aromatic amines is 1. The molecule has 4 heterocycles. The summed E-state index contributed by atoms with van der Waals surface area (Å²) >= 11 is 0. The number of piperazine rings is 1. The molecule has 1 aromatic heterocycles. The number of ether oxygens (including phenoxy) is 1. The van der Waals surface area contributed by atoms with Gasteiger partial charge in [0, 0.05) is 63.0 Å². The van der Waals surface area contributed by atoms with E-state index in [1.54, 1.807) is 6.07 Å². The molecule has 3 saturated heterocycles. The maximum atomic E-state index is 12.2. The maximum Gasteiger partial charge on any atom is 0.251 e. The Hall–Kier alpha value is -2.02. The van der Waals surface area contributed by atoms with Crippen LogP contribution in [0.25, 0.3) is 11.4 Å². The van der Waals surface area contributed by atoms with E-state index in [1.165, 1.54) is 38.0 Å². The van der Waals surface area contributed by atoms with Crippen LogP contribution < -0.4 is 5.56 Å². The third-order valence-electron chi connectivity index (χ3n) is 6.71. The Kier molecular flexibility index (Phi) is 5.48. The number of hydrogen-bond donors (Lipinski definition) is 1. The van der Waals surface area contributed by atoms with Crippen molar-refractivity contribution in [2.75, 3.05) is 39.4 Å². The standard InChI is InChI=1S/C23H30N4O2/c28-22-14-21(18-7-12-29-13-8-18)24-23(25-22)19-5-3-17(4-6-19)15-26-10-11-27-9-1-2-20(27)16-26/h3-6,14,18,20H,1-2,7-13,15-16H2,(H,24,25,28). The Morgan fingerprint density at radius 1 is 1.07 bits per heavy atom. The van der Waals surface area contributed by atoms with E-state index in [0.717, 1.165) is 56.4 Å². The third kappa shape index (κ3) is 4.29. The Labute approximate surface area is 171 Å². The van der Waals surface area contributed by atoms with Crippen LogP contribution in [0.4, 0.5) is 0 Å². The van der Waals surface area contributed by atoms with Crippen LogP contribution in [0.2, 0.25) is 0 Å². The highest BCUT2D eigenvalue weighted by atomic mass is 16.5. The highest BCUT2D eigenvalue weighted by molar-refractivity contribution is 5.55. The zero-order valence-corrected chi connectivity index (χ0v) is 17.0. The molecule has 5 rings (SSSR count). The van der Waals surface area contributed by atoms with Gasteiger partial charge in [-0.05, 0) is 37.8 Å². The number of benzene rings is 1. The highest BCUT2D eigenvalue weighted by Gasteiger charge is 2.30. The largest absolute Gasteiger partial charge is 0.381 e. The van der Waals surface area contributed by atoms with E-state index < -0.39 is 0 Å². The van der Waals surface area contributed by atoms with Crippen molar-refractivity contribution >= 4 is 0 Å². The number of aromatic nitrogens is 2. The van der Waals surface area contributed by atoms with Crippen LogP contribution >= 0.6 is 0 Å². The van der Waals surface area contributed by atoms with Crippen LogP contribution in [-0.2, 0) is 11.3 Å². The molecular weight excluding hydrogens is 364 g/mol. The fourth-order valence-corrected chi connectivity index (χ4v) is 5.04. The van der Waals surface area contributed by atoms with Crippen LogP contribution in [0.3, 0.4) is 0 Å². The molecule has 6 heteroatoms. The number of fused-ring (bicyclic) bond motifs is 1. The van der Waals surface area contributed by atoms with Gasteiger partial charge < -0.3 is 9.72 Å². The predicted octanol–water partition coefficient (Wildman–Crippen LogP) is 2.61. The molecule has 3 fully saturated rings. The van der Waals surface area contributed by atoms with Crippen molar-refractivity contribution in [1.29, 1.82) is 0 Å². The Morgan fingerprint density at radius 3 is 2.72 bits per heavy atom. The summed E-state index contributed by atoms with van der Waals surface area (Å²) in [6, 6.07) is 10.9. The Bertz CT molecular complexity index is 888. The molecule has 0 aliphatic carbocycles. The number of nitrogens with zero attached hydrogens (tertiary/aromatic N) is 3. The van der Waals surface area contributed by atoms with Crippen LogP contribution in [0.1, 0.15) is 42.9 Å². The molecule has 0 bridgehead atoms. The zero-order chi connectivity index (χ0) is 19.6. The number of rotatable bonds is 4. The molecule has 1 N–H and O–H groups in total. The fourth-order valence-electron chi connectivity index (χ4n) is 5.04. The van der Waals surface area contributed by atoms with Gasteiger partial charge in [-0.1, -0.05) is 24.3 Å². The molecular formula is C23H30N4O2. The van der Waals surface area contributed by atoms with E-state index in [-0.39, 0.29) is 5.56 Å². The Balaban J connectivity index is 1.28. The monoisotopic (exact) mass is 394 g/mol. The minimum absolute atomic E-state index is 0.0741. The molecule has 0 spiro atoms. The molecule has 1 unspecified atom stereocenters. The van der Waals surface area contributed by atoms with Gasteiger partial charge in [0.2, 0.25) is 0 Å². The van der Waals surface area contributed by atoms with Crippen molar-refractivity contribution in [3.63, 3.8) is 0 Å². The molecule has 2 aromatic rings. The van der Waals surface area contributed by atoms with Crippen LogP contribution in [0, 0.1) is 0 Å². The van der Waals surface area contributed by atoms with Crippen molar-refractivity contribution in [1.82, 2.24) is 19.8 Å². The lowest BCUT2D eigenvalue weighted by atomic mass is 9.96. The van der Waals surface area contributed by atoms with Gasteiger partial charge in [-0.3, -0.25) is 14.6 Å². The van der Waals surface area contributed by atoms with Gasteiger partial charge in [0.05, 0.1) is 5.69 Å². The van der Waals surface area contributed by atoms with E-state index in [1.807, 2.05) is 0 Å². The highest BCUT2D eigenvalue weighted by Crippen LogP contribution is 2.26. The van der Waals surface area contributed by atoms with Gasteiger partial charge in [-0.25, -0.2) is 4.98 Å². The van der Waals surface area contributed by atoms with E-state index in [2.05, 4.69) is 39.0 Å². The van der Waals surface area contributed by atoms with Gasteiger partial charge in [0.1, 0.15) is 5.82 Å². The van der Waals surface area contributed by atoms with Gasteiger partial charge in [-0.15, -0.1) is 0 Å². The number of H-pyrrole nitrogens is 1. The predicted molar refractivity (Wildman–Crippen MR) is 113 cm³/mol. The average molecular weight is 395 g/mol. The summed E-state index contributed by atoms with van der Waals surface area (Å²) in [5.74, 6) is 0.989. The first-order chi connectivity index (χ1) is 14.2. The molecule has 0 saturated carbocycles. The van der Waals surface area contributed by atoms with Crippen molar-refractivity contribution in [2.24, 2.45) is 0 Å². The molecule has 1 aromatic carbocycles. The van der Waals surface area contributed by atoms with Crippen molar-refractivity contribution < 1.29 is 4.74 Å². The van der Waals surface area contributed by atoms with E-state index in [0.29, 0.717) is 11.7 Å². The number of hydrogen-bond acceptors (Lipinski definition) is 5. The lowest BCUT2D eigenvalue weighted by Gasteiger charge is -2.37. The molecule has 1 atom stereocenters. The minimum atomic E-state index is -0.0741. The maximum absolute atomic E-state index is 12.2. The summed E-state index contributed by atoms with van der Waals surface area (Å²) in [5, 5.41) is 0. The topological polar surface area (TPSA) is 61.5 Å². The smallest absolute Gasteiger partial charge is 0.251 e. The second-order valence-corrected chi connectivity index (χ2v) is 8.67. The first-order valence-corrected chi connectivity index (χ1v) is 11.0. The summed E-state index contributed by atoms with van der Waals surface area (Å²) in [6.45, 7) is 7.32. The van der Waals surface area contributed by atoms with Gasteiger partial charge >= 0.3 is 0 Å². The van der Waals surface area contributed by atoms with Gasteiger partial charge in [0.25, 0.3) is 5.56 Å². The second kappa shape index (κ2) is 8.38. The van der Waals surface area contributed by atoms with Gasteiger partial charge in [-0.2, -0.15) is 0 Å². The summed E-state index contributed by atoms with van der Waals surface area (Å²) in [6.07, 6.45) is 4.56. The summed E-state index contributed by atoms with van der Waals surface area (Å²) in [5.41, 5.74) is 3.11. The summed E-state index contributed by atoms with van der Waals surface area (Å²) in [4.78, 5) is 25.1.